The molecule has 2 saturated heterocycles. The van der Waals surface area contributed by atoms with Crippen LogP contribution < -0.4 is 10.1 Å². The number of carbonyl (C=O) groups is 2. The Morgan fingerprint density at radius 3 is 2.76 bits per heavy atom. The first-order chi connectivity index (χ1) is 13.5. The Labute approximate surface area is 173 Å². The number of aliphatic hydroxyl groups excluding tert-OH is 1. The summed E-state index contributed by atoms with van der Waals surface area (Å²) < 4.78 is 24.3. The van der Waals surface area contributed by atoms with Gasteiger partial charge in [-0.3, -0.25) is 4.79 Å². The Hall–Kier alpha value is -1.67. The molecular formula is C16H25N5O6S2. The lowest BCUT2D eigenvalue weighted by molar-refractivity contribution is -0.161. The van der Waals surface area contributed by atoms with E-state index in [9.17, 15) is 28.2 Å². The third-order valence-corrected chi connectivity index (χ3v) is 7.86. The highest BCUT2D eigenvalue weighted by molar-refractivity contribution is 8.03. The number of hydrazone groups is 1. The topological polar surface area (TPSA) is 152 Å². The van der Waals surface area contributed by atoms with Crippen LogP contribution in [0.4, 0.5) is 0 Å². The smallest absolute Gasteiger partial charge is 0.353 e. The highest BCUT2D eigenvalue weighted by Gasteiger charge is 2.57. The second-order valence-electron chi connectivity index (χ2n) is 7.47. The molecule has 3 aliphatic heterocycles. The van der Waals surface area contributed by atoms with Crippen LogP contribution in [0.3, 0.4) is 0 Å². The zero-order valence-electron chi connectivity index (χ0n) is 16.3. The Morgan fingerprint density at radius 1 is 1.48 bits per heavy atom. The van der Waals surface area contributed by atoms with Crippen LogP contribution >= 0.6 is 11.8 Å². The van der Waals surface area contributed by atoms with Crippen LogP contribution in [0.25, 0.3) is 0 Å². The van der Waals surface area contributed by atoms with Crippen LogP contribution in [0.15, 0.2) is 15.7 Å². The van der Waals surface area contributed by atoms with Gasteiger partial charge in [0, 0.05) is 49.5 Å². The second-order valence-corrected chi connectivity index (χ2v) is 10.7. The lowest BCUT2D eigenvalue weighted by Crippen LogP contribution is -2.61. The number of carbonyl (C=O) groups excluding carboxylic acids is 1. The van der Waals surface area contributed by atoms with Crippen molar-refractivity contribution in [1.82, 2.24) is 19.4 Å². The van der Waals surface area contributed by atoms with Gasteiger partial charge in [-0.05, 0) is 13.3 Å². The van der Waals surface area contributed by atoms with Crippen molar-refractivity contribution >= 4 is 40.1 Å². The van der Waals surface area contributed by atoms with Crippen molar-refractivity contribution in [3.05, 3.63) is 10.6 Å². The van der Waals surface area contributed by atoms with Gasteiger partial charge in [-0.2, -0.15) is 22.7 Å². The molecule has 2 fully saturated rings. The predicted molar refractivity (Wildman–Crippen MR) is 107 cm³/mol. The summed E-state index contributed by atoms with van der Waals surface area (Å²) in [6, 6.07) is -0.459. The molecule has 3 rings (SSSR count). The monoisotopic (exact) mass is 447 g/mol. The zero-order valence-corrected chi connectivity index (χ0v) is 17.9. The molecule has 0 saturated carbocycles. The molecule has 0 aromatic carbocycles. The van der Waals surface area contributed by atoms with Gasteiger partial charge in [0.05, 0.1) is 18.1 Å². The number of nitrogens with zero attached hydrogens (tertiary/aromatic N) is 3. The van der Waals surface area contributed by atoms with Gasteiger partial charge in [0.2, 0.25) is 5.91 Å². The molecule has 29 heavy (non-hydrogen) atoms. The summed E-state index contributed by atoms with van der Waals surface area (Å²) in [6.45, 7) is 2.14. The molecule has 162 valence electrons. The summed E-state index contributed by atoms with van der Waals surface area (Å²) >= 11 is 1.41. The standard InChI is InChI=1S/C16H25N5O6S2/c1-8(22)13-11-5-12(14(16(24)25)21(11)15(13)23)28-10-4-9(17-7-10)6-18-19-29(26,27)20(2)3/h6,8-11,13,17,19,22H,4-5,7H2,1-3H3,(H,24,25)/t8?,9-,10-,11+,13+/m0/s1. The molecule has 0 radical (unpaired) electrons. The molecule has 0 spiro atoms. The third kappa shape index (κ3) is 4.28. The molecule has 0 aromatic rings. The van der Waals surface area contributed by atoms with Crippen molar-refractivity contribution in [3.63, 3.8) is 0 Å². The van der Waals surface area contributed by atoms with Gasteiger partial charge < -0.3 is 20.4 Å². The van der Waals surface area contributed by atoms with Crippen molar-refractivity contribution in [2.24, 2.45) is 11.0 Å². The van der Waals surface area contributed by atoms with Gasteiger partial charge in [0.25, 0.3) is 0 Å². The number of hydrogen-bond donors (Lipinski definition) is 4. The molecule has 0 aromatic heterocycles. The Bertz CT molecular complexity index is 856. The molecule has 3 heterocycles. The van der Waals surface area contributed by atoms with Gasteiger partial charge in [0.1, 0.15) is 5.70 Å². The number of hydrogen-bond acceptors (Lipinski definition) is 8. The average Bonchev–Trinajstić information content (AvgIpc) is 3.17. The second kappa shape index (κ2) is 8.22. The van der Waals surface area contributed by atoms with E-state index < -0.39 is 28.2 Å². The molecular weight excluding hydrogens is 422 g/mol. The van der Waals surface area contributed by atoms with Crippen molar-refractivity contribution < 1.29 is 28.2 Å². The molecule has 5 atom stereocenters. The molecule has 4 N–H and O–H groups in total. The van der Waals surface area contributed by atoms with E-state index in [2.05, 4.69) is 15.2 Å². The van der Waals surface area contributed by atoms with Gasteiger partial charge >= 0.3 is 16.2 Å². The first-order valence-electron chi connectivity index (χ1n) is 9.13. The highest BCUT2D eigenvalue weighted by Crippen LogP contribution is 2.48. The van der Waals surface area contributed by atoms with Crippen molar-refractivity contribution in [3.8, 4) is 0 Å². The zero-order chi connectivity index (χ0) is 21.5. The number of fused-ring (bicyclic) bond motifs is 1. The summed E-state index contributed by atoms with van der Waals surface area (Å²) in [5.74, 6) is -2.05. The molecule has 3 aliphatic rings. The van der Waals surface area contributed by atoms with Crippen LogP contribution in [0.2, 0.25) is 0 Å². The van der Waals surface area contributed by atoms with E-state index >= 15 is 0 Å². The summed E-state index contributed by atoms with van der Waals surface area (Å²) in [4.78, 5) is 28.0. The van der Waals surface area contributed by atoms with Crippen molar-refractivity contribution in [1.29, 1.82) is 0 Å². The summed E-state index contributed by atoms with van der Waals surface area (Å²) in [5, 5.41) is 26.4. The van der Waals surface area contributed by atoms with E-state index in [-0.39, 0.29) is 28.9 Å². The van der Waals surface area contributed by atoms with E-state index in [0.29, 0.717) is 24.3 Å². The fourth-order valence-electron chi connectivity index (χ4n) is 3.74. The van der Waals surface area contributed by atoms with Crippen LogP contribution in [-0.2, 0) is 19.8 Å². The minimum Gasteiger partial charge on any atom is -0.477 e. The SMILES string of the molecule is CC(O)[C@H]1C(=O)N2C(C(=O)O)=C(S[C@@H]3CN[C@H](C=NNS(=O)(=O)N(C)C)C3)C[C@H]12. The van der Waals surface area contributed by atoms with Crippen LogP contribution in [-0.4, -0.2) is 90.0 Å². The number of carboxylic acid groups (broad SMARTS) is 1. The van der Waals surface area contributed by atoms with Gasteiger partial charge in [0.15, 0.2) is 0 Å². The maximum atomic E-state index is 12.3. The number of amides is 1. The number of rotatable bonds is 8. The molecule has 0 aliphatic carbocycles. The maximum Gasteiger partial charge on any atom is 0.353 e. The number of carboxylic acids is 1. The molecule has 13 heteroatoms. The quantitative estimate of drug-likeness (QED) is 0.204. The number of nitrogens with one attached hydrogen (secondary N) is 2. The predicted octanol–water partition coefficient (Wildman–Crippen LogP) is -1.26. The Kier molecular flexibility index (Phi) is 6.24. The van der Waals surface area contributed by atoms with Gasteiger partial charge in [-0.15, -0.1) is 11.8 Å². The molecule has 11 nitrogen and oxygen atoms in total. The first-order valence-corrected chi connectivity index (χ1v) is 11.4. The normalized spacial score (nSPS) is 30.8. The highest BCUT2D eigenvalue weighted by atomic mass is 32.2. The van der Waals surface area contributed by atoms with Gasteiger partial charge in [-0.25, -0.2) is 4.79 Å². The van der Waals surface area contributed by atoms with E-state index in [1.807, 2.05) is 0 Å². The molecule has 1 amide bonds. The van der Waals surface area contributed by atoms with E-state index in [0.717, 1.165) is 4.31 Å². The summed E-state index contributed by atoms with van der Waals surface area (Å²) in [5.41, 5.74) is 0.0118. The lowest BCUT2D eigenvalue weighted by atomic mass is 9.83. The molecule has 1 unspecified atom stereocenters. The minimum absolute atomic E-state index is 0.0118. The number of aliphatic carboxylic acids is 1. The largest absolute Gasteiger partial charge is 0.477 e. The van der Waals surface area contributed by atoms with E-state index in [1.54, 1.807) is 6.92 Å². The van der Waals surface area contributed by atoms with E-state index in [4.69, 9.17) is 0 Å². The van der Waals surface area contributed by atoms with Crippen LogP contribution in [0.1, 0.15) is 19.8 Å². The summed E-state index contributed by atoms with van der Waals surface area (Å²) in [7, 11) is -0.855. The minimum atomic E-state index is -3.64. The third-order valence-electron chi connectivity index (χ3n) is 5.23. The van der Waals surface area contributed by atoms with Crippen LogP contribution in [0.5, 0.6) is 0 Å². The van der Waals surface area contributed by atoms with Crippen molar-refractivity contribution in [2.75, 3.05) is 20.6 Å². The fourth-order valence-corrected chi connectivity index (χ4v) is 5.55. The number of thioether (sulfide) groups is 1. The van der Waals surface area contributed by atoms with Gasteiger partial charge in [-0.1, -0.05) is 0 Å². The summed E-state index contributed by atoms with van der Waals surface area (Å²) in [6.07, 6.45) is 1.71. The van der Waals surface area contributed by atoms with Crippen molar-refractivity contribution in [2.45, 2.75) is 43.2 Å². The number of aliphatic hydroxyl groups is 1. The fraction of sp³-hybridized carbons (Fsp3) is 0.688. The first kappa shape index (κ1) is 22.0. The maximum absolute atomic E-state index is 12.3. The molecule has 0 bridgehead atoms. The van der Waals surface area contributed by atoms with Crippen LogP contribution in [0, 0.1) is 5.92 Å². The lowest BCUT2D eigenvalue weighted by Gasteiger charge is -2.44. The average molecular weight is 448 g/mol. The Balaban J connectivity index is 1.61. The number of β-lactam (4-membered cyclic amide) rings is 1. The Morgan fingerprint density at radius 2 is 2.17 bits per heavy atom. The van der Waals surface area contributed by atoms with E-state index in [1.165, 1.54) is 37.0 Å².